The lowest BCUT2D eigenvalue weighted by atomic mass is 9.96. The molecule has 0 spiro atoms. The van der Waals surface area contributed by atoms with Crippen LogP contribution in [-0.2, 0) is 9.59 Å². The molecule has 0 saturated carbocycles. The van der Waals surface area contributed by atoms with Crippen molar-refractivity contribution in [1.82, 2.24) is 10.2 Å². The SMILES string of the molecule is COc1ccc([C@@H](NC(=O)CN2CCCCC2=O)C(C)C)cc1. The summed E-state index contributed by atoms with van der Waals surface area (Å²) in [4.78, 5) is 25.8. The predicted octanol–water partition coefficient (Wildman–Crippen LogP) is 2.52. The molecule has 5 heteroatoms. The van der Waals surface area contributed by atoms with E-state index in [1.165, 1.54) is 0 Å². The Morgan fingerprint density at radius 2 is 1.96 bits per heavy atom. The number of ether oxygens (including phenoxy) is 1. The number of benzene rings is 1. The van der Waals surface area contributed by atoms with Crippen LogP contribution in [0.15, 0.2) is 24.3 Å². The molecule has 1 fully saturated rings. The Bertz CT molecular complexity index is 540. The van der Waals surface area contributed by atoms with Gasteiger partial charge in [-0.15, -0.1) is 0 Å². The summed E-state index contributed by atoms with van der Waals surface area (Å²) in [7, 11) is 1.63. The van der Waals surface area contributed by atoms with Crippen LogP contribution in [0, 0.1) is 5.92 Å². The number of carbonyl (C=O) groups excluding carboxylic acids is 2. The zero-order chi connectivity index (χ0) is 16.8. The van der Waals surface area contributed by atoms with Crippen molar-refractivity contribution >= 4 is 11.8 Å². The first-order valence-corrected chi connectivity index (χ1v) is 8.22. The van der Waals surface area contributed by atoms with E-state index >= 15 is 0 Å². The quantitative estimate of drug-likeness (QED) is 0.877. The Morgan fingerprint density at radius 3 is 2.52 bits per heavy atom. The largest absolute Gasteiger partial charge is 0.497 e. The van der Waals surface area contributed by atoms with Crippen LogP contribution in [0.2, 0.25) is 0 Å². The molecule has 126 valence electrons. The number of piperidine rings is 1. The molecule has 0 bridgehead atoms. The lowest BCUT2D eigenvalue weighted by Gasteiger charge is -2.28. The number of nitrogens with one attached hydrogen (secondary N) is 1. The van der Waals surface area contributed by atoms with E-state index in [1.807, 2.05) is 24.3 Å². The molecule has 2 rings (SSSR count). The van der Waals surface area contributed by atoms with Crippen molar-refractivity contribution in [3.8, 4) is 5.75 Å². The monoisotopic (exact) mass is 318 g/mol. The van der Waals surface area contributed by atoms with Crippen LogP contribution in [0.3, 0.4) is 0 Å². The van der Waals surface area contributed by atoms with E-state index in [9.17, 15) is 9.59 Å². The number of hydrogen-bond acceptors (Lipinski definition) is 3. The average molecular weight is 318 g/mol. The van der Waals surface area contributed by atoms with Gasteiger partial charge in [0, 0.05) is 13.0 Å². The molecule has 2 amide bonds. The lowest BCUT2D eigenvalue weighted by Crippen LogP contribution is -2.44. The minimum atomic E-state index is -0.102. The molecular formula is C18H26N2O3. The Balaban J connectivity index is 2.00. The molecule has 1 atom stereocenters. The Labute approximate surface area is 138 Å². The molecule has 1 aromatic carbocycles. The van der Waals surface area contributed by atoms with Gasteiger partial charge >= 0.3 is 0 Å². The molecule has 23 heavy (non-hydrogen) atoms. The molecule has 1 aliphatic rings. The summed E-state index contributed by atoms with van der Waals surface area (Å²) >= 11 is 0. The summed E-state index contributed by atoms with van der Waals surface area (Å²) in [6, 6.07) is 7.65. The van der Waals surface area contributed by atoms with Crippen molar-refractivity contribution in [3.63, 3.8) is 0 Å². The molecule has 1 aromatic rings. The van der Waals surface area contributed by atoms with Gasteiger partial charge in [-0.2, -0.15) is 0 Å². The molecule has 0 unspecified atom stereocenters. The second kappa shape index (κ2) is 7.99. The van der Waals surface area contributed by atoms with Crippen molar-refractivity contribution in [2.24, 2.45) is 5.92 Å². The van der Waals surface area contributed by atoms with Crippen molar-refractivity contribution in [1.29, 1.82) is 0 Å². The van der Waals surface area contributed by atoms with Crippen LogP contribution >= 0.6 is 0 Å². The Kier molecular flexibility index (Phi) is 6.02. The molecule has 5 nitrogen and oxygen atoms in total. The van der Waals surface area contributed by atoms with Gasteiger partial charge in [0.15, 0.2) is 0 Å². The number of nitrogens with zero attached hydrogens (tertiary/aromatic N) is 1. The van der Waals surface area contributed by atoms with Gasteiger partial charge in [-0.1, -0.05) is 26.0 Å². The second-order valence-electron chi connectivity index (χ2n) is 6.33. The molecule has 1 aliphatic heterocycles. The minimum Gasteiger partial charge on any atom is -0.497 e. The molecule has 0 aliphatic carbocycles. The molecule has 1 heterocycles. The summed E-state index contributed by atoms with van der Waals surface area (Å²) in [5.41, 5.74) is 1.04. The molecular weight excluding hydrogens is 292 g/mol. The standard InChI is InChI=1S/C18H26N2O3/c1-13(2)18(14-7-9-15(23-3)10-8-14)19-16(21)12-20-11-5-4-6-17(20)22/h7-10,13,18H,4-6,11-12H2,1-3H3,(H,19,21)/t18-/m0/s1. The third-order valence-electron chi connectivity index (χ3n) is 4.21. The zero-order valence-electron chi connectivity index (χ0n) is 14.2. The summed E-state index contributed by atoms with van der Waals surface area (Å²) in [5.74, 6) is 1.03. The normalized spacial score (nSPS) is 16.3. The van der Waals surface area contributed by atoms with E-state index in [0.29, 0.717) is 13.0 Å². The van der Waals surface area contributed by atoms with Crippen LogP contribution in [0.25, 0.3) is 0 Å². The van der Waals surface area contributed by atoms with Crippen LogP contribution in [0.4, 0.5) is 0 Å². The molecule has 1 N–H and O–H groups in total. The summed E-state index contributed by atoms with van der Waals surface area (Å²) < 4.78 is 5.17. The van der Waals surface area contributed by atoms with Gasteiger partial charge in [0.25, 0.3) is 0 Å². The lowest BCUT2D eigenvalue weighted by molar-refractivity contribution is -0.138. The third-order valence-corrected chi connectivity index (χ3v) is 4.21. The van der Waals surface area contributed by atoms with E-state index in [4.69, 9.17) is 4.74 Å². The van der Waals surface area contributed by atoms with Gasteiger partial charge in [0.1, 0.15) is 5.75 Å². The highest BCUT2D eigenvalue weighted by Crippen LogP contribution is 2.24. The van der Waals surface area contributed by atoms with Gasteiger partial charge in [0.05, 0.1) is 19.7 Å². The van der Waals surface area contributed by atoms with Crippen molar-refractivity contribution < 1.29 is 14.3 Å². The van der Waals surface area contributed by atoms with Crippen molar-refractivity contribution in [3.05, 3.63) is 29.8 Å². The maximum atomic E-state index is 12.3. The van der Waals surface area contributed by atoms with Gasteiger partial charge < -0.3 is 15.0 Å². The maximum Gasteiger partial charge on any atom is 0.240 e. The fourth-order valence-corrected chi connectivity index (χ4v) is 2.87. The van der Waals surface area contributed by atoms with E-state index in [0.717, 1.165) is 24.2 Å². The number of carbonyl (C=O) groups is 2. The van der Waals surface area contributed by atoms with E-state index in [1.54, 1.807) is 12.0 Å². The number of methoxy groups -OCH3 is 1. The third kappa shape index (κ3) is 4.71. The van der Waals surface area contributed by atoms with Gasteiger partial charge in [-0.25, -0.2) is 0 Å². The van der Waals surface area contributed by atoms with Gasteiger partial charge in [-0.05, 0) is 36.5 Å². The molecule has 0 aromatic heterocycles. The summed E-state index contributed by atoms with van der Waals surface area (Å²) in [6.07, 6.45) is 2.46. The maximum absolute atomic E-state index is 12.3. The predicted molar refractivity (Wildman–Crippen MR) is 89.1 cm³/mol. The number of amides is 2. The topological polar surface area (TPSA) is 58.6 Å². The molecule has 0 radical (unpaired) electrons. The van der Waals surface area contributed by atoms with Crippen molar-refractivity contribution in [2.45, 2.75) is 39.2 Å². The van der Waals surface area contributed by atoms with Crippen LogP contribution in [0.1, 0.15) is 44.7 Å². The van der Waals surface area contributed by atoms with E-state index < -0.39 is 0 Å². The first-order chi connectivity index (χ1) is 11.0. The van der Waals surface area contributed by atoms with Crippen molar-refractivity contribution in [2.75, 3.05) is 20.2 Å². The van der Waals surface area contributed by atoms with Gasteiger partial charge in [0.2, 0.25) is 11.8 Å². The Morgan fingerprint density at radius 1 is 1.26 bits per heavy atom. The van der Waals surface area contributed by atoms with Crippen LogP contribution in [-0.4, -0.2) is 36.9 Å². The highest BCUT2D eigenvalue weighted by atomic mass is 16.5. The first-order valence-electron chi connectivity index (χ1n) is 8.22. The Hall–Kier alpha value is -2.04. The van der Waals surface area contributed by atoms with Crippen LogP contribution < -0.4 is 10.1 Å². The fourth-order valence-electron chi connectivity index (χ4n) is 2.87. The highest BCUT2D eigenvalue weighted by molar-refractivity contribution is 5.85. The highest BCUT2D eigenvalue weighted by Gasteiger charge is 2.23. The second-order valence-corrected chi connectivity index (χ2v) is 6.33. The molecule has 1 saturated heterocycles. The number of rotatable bonds is 6. The van der Waals surface area contributed by atoms with Gasteiger partial charge in [-0.3, -0.25) is 9.59 Å². The first kappa shape index (κ1) is 17.3. The zero-order valence-corrected chi connectivity index (χ0v) is 14.2. The fraction of sp³-hybridized carbons (Fsp3) is 0.556. The number of likely N-dealkylation sites (tertiary alicyclic amines) is 1. The minimum absolute atomic E-state index is 0.0756. The number of hydrogen-bond donors (Lipinski definition) is 1. The average Bonchev–Trinajstić information content (AvgIpc) is 2.55. The summed E-state index contributed by atoms with van der Waals surface area (Å²) in [6.45, 7) is 4.97. The summed E-state index contributed by atoms with van der Waals surface area (Å²) in [5, 5.41) is 3.06. The van der Waals surface area contributed by atoms with E-state index in [2.05, 4.69) is 19.2 Å². The van der Waals surface area contributed by atoms with Crippen LogP contribution in [0.5, 0.6) is 5.75 Å². The smallest absolute Gasteiger partial charge is 0.240 e. The van der Waals surface area contributed by atoms with E-state index in [-0.39, 0.29) is 30.3 Å².